The number of fused-ring (bicyclic) bond motifs is 1. The van der Waals surface area contributed by atoms with Crippen LogP contribution in [0.15, 0.2) is 42.5 Å². The fraction of sp³-hybridized carbons (Fsp3) is 0.211. The van der Waals surface area contributed by atoms with E-state index in [-0.39, 0.29) is 18.4 Å². The maximum Gasteiger partial charge on any atom is 0.265 e. The number of ether oxygens (including phenoxy) is 2. The van der Waals surface area contributed by atoms with Gasteiger partial charge in [0, 0.05) is 5.56 Å². The third-order valence-corrected chi connectivity index (χ3v) is 4.13. The number of hydrogen-bond acceptors (Lipinski definition) is 5. The van der Waals surface area contributed by atoms with Gasteiger partial charge >= 0.3 is 0 Å². The van der Waals surface area contributed by atoms with Gasteiger partial charge in [-0.2, -0.15) is 0 Å². The Hall–Kier alpha value is -3.35. The van der Waals surface area contributed by atoms with Gasteiger partial charge in [0.1, 0.15) is 23.8 Å². The molecule has 1 heterocycles. The molecule has 0 radical (unpaired) electrons. The molecule has 134 valence electrons. The van der Waals surface area contributed by atoms with Crippen LogP contribution in [0, 0.1) is 0 Å². The Labute approximate surface area is 150 Å². The van der Waals surface area contributed by atoms with Crippen molar-refractivity contribution in [3.8, 4) is 11.5 Å². The van der Waals surface area contributed by atoms with Gasteiger partial charge in [-0.25, -0.2) is 0 Å². The number of anilines is 2. The number of benzene rings is 2. The molecular weight excluding hydrogens is 336 g/mol. The summed E-state index contributed by atoms with van der Waals surface area (Å²) < 4.78 is 10.6. The molecule has 0 aromatic heterocycles. The second-order valence-corrected chi connectivity index (χ2v) is 5.76. The van der Waals surface area contributed by atoms with Crippen molar-refractivity contribution >= 4 is 29.5 Å². The van der Waals surface area contributed by atoms with E-state index < -0.39 is 6.04 Å². The summed E-state index contributed by atoms with van der Waals surface area (Å²) in [5, 5.41) is 2.77. The van der Waals surface area contributed by atoms with Crippen LogP contribution in [0.25, 0.3) is 0 Å². The van der Waals surface area contributed by atoms with Crippen molar-refractivity contribution in [2.24, 2.45) is 0 Å². The first-order valence-electron chi connectivity index (χ1n) is 8.03. The third-order valence-electron chi connectivity index (χ3n) is 4.13. The van der Waals surface area contributed by atoms with Gasteiger partial charge in [-0.3, -0.25) is 19.3 Å². The predicted octanol–water partition coefficient (Wildman–Crippen LogP) is 2.26. The average molecular weight is 354 g/mol. The molecule has 1 aliphatic heterocycles. The number of carbonyl (C=O) groups excluding carboxylic acids is 3. The van der Waals surface area contributed by atoms with E-state index >= 15 is 0 Å². The van der Waals surface area contributed by atoms with Gasteiger partial charge in [-0.1, -0.05) is 12.1 Å². The van der Waals surface area contributed by atoms with Gasteiger partial charge < -0.3 is 14.8 Å². The van der Waals surface area contributed by atoms with Crippen molar-refractivity contribution < 1.29 is 23.9 Å². The zero-order valence-corrected chi connectivity index (χ0v) is 14.4. The Kier molecular flexibility index (Phi) is 4.88. The quantitative estimate of drug-likeness (QED) is 0.833. The molecule has 26 heavy (non-hydrogen) atoms. The van der Waals surface area contributed by atoms with Crippen molar-refractivity contribution in [2.45, 2.75) is 13.0 Å². The summed E-state index contributed by atoms with van der Waals surface area (Å²) in [7, 11) is 1.51. The van der Waals surface area contributed by atoms with E-state index in [2.05, 4.69) is 5.32 Å². The van der Waals surface area contributed by atoms with E-state index in [0.29, 0.717) is 34.7 Å². The van der Waals surface area contributed by atoms with Gasteiger partial charge in [-0.15, -0.1) is 0 Å². The molecule has 0 fully saturated rings. The minimum Gasteiger partial charge on any atom is -0.495 e. The van der Waals surface area contributed by atoms with E-state index in [1.165, 1.54) is 18.1 Å². The Morgan fingerprint density at radius 2 is 2.08 bits per heavy atom. The van der Waals surface area contributed by atoms with E-state index in [1.54, 1.807) is 43.3 Å². The highest BCUT2D eigenvalue weighted by Crippen LogP contribution is 2.34. The lowest BCUT2D eigenvalue weighted by Crippen LogP contribution is -2.49. The van der Waals surface area contributed by atoms with Crippen LogP contribution in [-0.4, -0.2) is 37.9 Å². The molecule has 2 amide bonds. The minimum absolute atomic E-state index is 0.167. The lowest BCUT2D eigenvalue weighted by Gasteiger charge is -2.33. The van der Waals surface area contributed by atoms with Gasteiger partial charge in [-0.05, 0) is 37.3 Å². The lowest BCUT2D eigenvalue weighted by atomic mass is 10.1. The molecule has 1 atom stereocenters. The first-order chi connectivity index (χ1) is 12.5. The molecule has 0 spiro atoms. The molecular formula is C19H18N2O5. The zero-order chi connectivity index (χ0) is 18.7. The fourth-order valence-electron chi connectivity index (χ4n) is 2.79. The maximum absolute atomic E-state index is 12.7. The van der Waals surface area contributed by atoms with Crippen molar-refractivity contribution in [3.63, 3.8) is 0 Å². The van der Waals surface area contributed by atoms with Crippen LogP contribution in [0.5, 0.6) is 11.5 Å². The minimum atomic E-state index is -0.808. The Morgan fingerprint density at radius 3 is 2.81 bits per heavy atom. The van der Waals surface area contributed by atoms with Crippen LogP contribution in [0.3, 0.4) is 0 Å². The molecule has 3 rings (SSSR count). The first-order valence-corrected chi connectivity index (χ1v) is 8.03. The number of nitrogens with one attached hydrogen (secondary N) is 1. The van der Waals surface area contributed by atoms with E-state index in [0.717, 1.165) is 0 Å². The van der Waals surface area contributed by atoms with Crippen LogP contribution < -0.4 is 19.7 Å². The third kappa shape index (κ3) is 3.23. The van der Waals surface area contributed by atoms with Crippen LogP contribution in [0.4, 0.5) is 11.4 Å². The SMILES string of the molecule is COc1ccccc1NC(=O)C(C)N1C(=O)COc2ccc(C=O)cc21. The molecule has 0 saturated carbocycles. The second-order valence-electron chi connectivity index (χ2n) is 5.76. The average Bonchev–Trinajstić information content (AvgIpc) is 2.67. The molecule has 0 aliphatic carbocycles. The van der Waals surface area contributed by atoms with Gasteiger partial charge in [0.25, 0.3) is 5.91 Å². The van der Waals surface area contributed by atoms with Gasteiger partial charge in [0.05, 0.1) is 18.5 Å². The maximum atomic E-state index is 12.7. The van der Waals surface area contributed by atoms with Crippen LogP contribution in [0.2, 0.25) is 0 Å². The smallest absolute Gasteiger partial charge is 0.265 e. The number of nitrogens with zero attached hydrogens (tertiary/aromatic N) is 1. The van der Waals surface area contributed by atoms with Crippen molar-refractivity contribution in [3.05, 3.63) is 48.0 Å². The normalized spacial score (nSPS) is 14.1. The summed E-state index contributed by atoms with van der Waals surface area (Å²) in [6.07, 6.45) is 0.678. The second kappa shape index (κ2) is 7.26. The Morgan fingerprint density at radius 1 is 1.31 bits per heavy atom. The number of amides is 2. The summed E-state index contributed by atoms with van der Waals surface area (Å²) in [5.74, 6) is 0.229. The number of carbonyl (C=O) groups is 3. The molecule has 0 bridgehead atoms. The summed E-state index contributed by atoms with van der Waals surface area (Å²) in [6.45, 7) is 1.45. The van der Waals surface area contributed by atoms with E-state index in [4.69, 9.17) is 9.47 Å². The summed E-state index contributed by atoms with van der Waals surface area (Å²) >= 11 is 0. The predicted molar refractivity (Wildman–Crippen MR) is 95.9 cm³/mol. The highest BCUT2D eigenvalue weighted by molar-refractivity contribution is 6.07. The molecule has 7 heteroatoms. The number of rotatable bonds is 5. The summed E-state index contributed by atoms with van der Waals surface area (Å²) in [6, 6.07) is 10.9. The molecule has 0 saturated heterocycles. The van der Waals surface area contributed by atoms with Crippen LogP contribution in [-0.2, 0) is 9.59 Å². The first kappa shape index (κ1) is 17.5. The molecule has 7 nitrogen and oxygen atoms in total. The number of methoxy groups -OCH3 is 1. The topological polar surface area (TPSA) is 84.9 Å². The van der Waals surface area contributed by atoms with Crippen LogP contribution in [0.1, 0.15) is 17.3 Å². The van der Waals surface area contributed by atoms with Gasteiger partial charge in [0.15, 0.2) is 6.61 Å². The Balaban J connectivity index is 1.89. The van der Waals surface area contributed by atoms with E-state index in [1.807, 2.05) is 0 Å². The molecule has 1 aliphatic rings. The fourth-order valence-corrected chi connectivity index (χ4v) is 2.79. The van der Waals surface area contributed by atoms with Gasteiger partial charge in [0.2, 0.25) is 5.91 Å². The van der Waals surface area contributed by atoms with Crippen molar-refractivity contribution in [1.82, 2.24) is 0 Å². The number of hydrogen-bond donors (Lipinski definition) is 1. The molecule has 2 aromatic rings. The van der Waals surface area contributed by atoms with Crippen molar-refractivity contribution in [2.75, 3.05) is 23.9 Å². The molecule has 1 unspecified atom stereocenters. The number of aldehydes is 1. The van der Waals surface area contributed by atoms with E-state index in [9.17, 15) is 14.4 Å². The summed E-state index contributed by atoms with van der Waals surface area (Å²) in [5.41, 5.74) is 1.30. The standard InChI is InChI=1S/C19H18N2O5/c1-12(19(24)20-14-5-3-4-6-16(14)25-2)21-15-9-13(10-22)7-8-17(15)26-11-18(21)23/h3-10,12H,11H2,1-2H3,(H,20,24). The van der Waals surface area contributed by atoms with Crippen molar-refractivity contribution in [1.29, 1.82) is 0 Å². The molecule has 2 aromatic carbocycles. The highest BCUT2D eigenvalue weighted by atomic mass is 16.5. The Bertz CT molecular complexity index is 865. The zero-order valence-electron chi connectivity index (χ0n) is 14.4. The monoisotopic (exact) mass is 354 g/mol. The summed E-state index contributed by atoms with van der Waals surface area (Å²) in [4.78, 5) is 37.5. The lowest BCUT2D eigenvalue weighted by molar-refractivity contribution is -0.125. The number of para-hydroxylation sites is 2. The largest absolute Gasteiger partial charge is 0.495 e. The highest BCUT2D eigenvalue weighted by Gasteiger charge is 2.33. The van der Waals surface area contributed by atoms with Crippen LogP contribution >= 0.6 is 0 Å². The molecule has 1 N–H and O–H groups in total.